The quantitative estimate of drug-likeness (QED) is 0.430. The maximum absolute atomic E-state index is 15.1. The second kappa shape index (κ2) is 8.28. The van der Waals surface area contributed by atoms with Gasteiger partial charge in [-0.15, -0.1) is 0 Å². The van der Waals surface area contributed by atoms with Crippen molar-refractivity contribution in [2.45, 2.75) is 0 Å². The summed E-state index contributed by atoms with van der Waals surface area (Å²) in [6, 6.07) is 11.6. The molecule has 0 aliphatic heterocycles. The molecule has 9 nitrogen and oxygen atoms in total. The highest BCUT2D eigenvalue weighted by atomic mass is 19.1. The molecule has 0 aliphatic rings. The number of aromatic nitrogens is 6. The van der Waals surface area contributed by atoms with E-state index >= 15 is 4.39 Å². The molecule has 5 rings (SSSR count). The lowest BCUT2D eigenvalue weighted by Crippen LogP contribution is -2.18. The molecule has 34 heavy (non-hydrogen) atoms. The summed E-state index contributed by atoms with van der Waals surface area (Å²) in [5.41, 5.74) is -0.187. The summed E-state index contributed by atoms with van der Waals surface area (Å²) in [4.78, 5) is 13.0. The molecule has 170 valence electrons. The molecule has 3 heterocycles. The smallest absolute Gasteiger partial charge is 0.251 e. The summed E-state index contributed by atoms with van der Waals surface area (Å²) >= 11 is 0. The standard InChI is InChI=1S/C23H16F2N6O3/c1-34-20-13-30(16-7-6-14(12-15(16)24)29-11-3-9-26-29)28-22(23(20)33)18-8-10-27-31(18)17-4-2-5-19(32)21(17)25/h2-13,32H,1H3. The van der Waals surface area contributed by atoms with Gasteiger partial charge in [-0.25, -0.2) is 22.8 Å². The van der Waals surface area contributed by atoms with Crippen molar-refractivity contribution < 1.29 is 18.6 Å². The maximum atomic E-state index is 15.1. The second-order valence-electron chi connectivity index (χ2n) is 7.14. The Morgan fingerprint density at radius 1 is 0.971 bits per heavy atom. The first-order valence-corrected chi connectivity index (χ1v) is 9.98. The Morgan fingerprint density at radius 2 is 1.82 bits per heavy atom. The first-order chi connectivity index (χ1) is 16.5. The van der Waals surface area contributed by atoms with Gasteiger partial charge >= 0.3 is 0 Å². The van der Waals surface area contributed by atoms with Crippen molar-refractivity contribution in [1.82, 2.24) is 29.3 Å². The fourth-order valence-electron chi connectivity index (χ4n) is 3.50. The van der Waals surface area contributed by atoms with Gasteiger partial charge in [-0.3, -0.25) is 4.79 Å². The normalized spacial score (nSPS) is 11.0. The van der Waals surface area contributed by atoms with Gasteiger partial charge in [-0.2, -0.15) is 15.3 Å². The van der Waals surface area contributed by atoms with Gasteiger partial charge in [-0.1, -0.05) is 6.07 Å². The Morgan fingerprint density at radius 3 is 2.56 bits per heavy atom. The molecule has 2 aromatic carbocycles. The summed E-state index contributed by atoms with van der Waals surface area (Å²) in [6.45, 7) is 0. The van der Waals surface area contributed by atoms with Crippen LogP contribution in [0.25, 0.3) is 28.5 Å². The number of hydrogen-bond acceptors (Lipinski definition) is 6. The predicted molar refractivity (Wildman–Crippen MR) is 118 cm³/mol. The van der Waals surface area contributed by atoms with Crippen molar-refractivity contribution in [2.24, 2.45) is 0 Å². The molecule has 0 spiro atoms. The molecular weight excluding hydrogens is 446 g/mol. The number of rotatable bonds is 5. The average Bonchev–Trinajstić information content (AvgIpc) is 3.54. The minimum absolute atomic E-state index is 0.0463. The van der Waals surface area contributed by atoms with E-state index in [0.29, 0.717) is 5.69 Å². The van der Waals surface area contributed by atoms with Crippen LogP contribution in [0, 0.1) is 11.6 Å². The molecule has 0 radical (unpaired) electrons. The molecule has 3 aromatic heterocycles. The highest BCUT2D eigenvalue weighted by Gasteiger charge is 2.21. The van der Waals surface area contributed by atoms with Crippen molar-refractivity contribution in [3.05, 3.63) is 95.2 Å². The number of halogens is 2. The van der Waals surface area contributed by atoms with E-state index in [4.69, 9.17) is 4.74 Å². The van der Waals surface area contributed by atoms with Crippen LogP contribution in [0.3, 0.4) is 0 Å². The van der Waals surface area contributed by atoms with E-state index in [1.165, 1.54) is 60.6 Å². The highest BCUT2D eigenvalue weighted by Crippen LogP contribution is 2.26. The number of methoxy groups -OCH3 is 1. The van der Waals surface area contributed by atoms with Crippen molar-refractivity contribution in [3.63, 3.8) is 0 Å². The maximum Gasteiger partial charge on any atom is 0.251 e. The van der Waals surface area contributed by atoms with Gasteiger partial charge in [0.05, 0.1) is 30.9 Å². The summed E-state index contributed by atoms with van der Waals surface area (Å²) in [5.74, 6) is -2.22. The molecular formula is C23H16F2N6O3. The average molecular weight is 462 g/mol. The van der Waals surface area contributed by atoms with Gasteiger partial charge in [0.15, 0.2) is 28.8 Å². The lowest BCUT2D eigenvalue weighted by molar-refractivity contribution is 0.405. The number of aromatic hydroxyl groups is 1. The molecule has 0 unspecified atom stereocenters. The van der Waals surface area contributed by atoms with E-state index in [9.17, 15) is 14.3 Å². The van der Waals surface area contributed by atoms with Gasteiger partial charge in [0.2, 0.25) is 0 Å². The van der Waals surface area contributed by atoms with Crippen LogP contribution in [0.1, 0.15) is 0 Å². The van der Waals surface area contributed by atoms with Crippen LogP contribution in [0.15, 0.2) is 78.1 Å². The van der Waals surface area contributed by atoms with E-state index in [1.54, 1.807) is 24.5 Å². The zero-order valence-corrected chi connectivity index (χ0v) is 17.6. The van der Waals surface area contributed by atoms with Crippen LogP contribution < -0.4 is 10.2 Å². The zero-order chi connectivity index (χ0) is 23.8. The van der Waals surface area contributed by atoms with Crippen LogP contribution in [-0.4, -0.2) is 41.6 Å². The molecule has 1 N–H and O–H groups in total. The lowest BCUT2D eigenvalue weighted by atomic mass is 10.2. The number of nitrogens with zero attached hydrogens (tertiary/aromatic N) is 6. The topological polar surface area (TPSA) is 100.0 Å². The first-order valence-electron chi connectivity index (χ1n) is 9.98. The minimum atomic E-state index is -0.920. The van der Waals surface area contributed by atoms with Crippen molar-refractivity contribution >= 4 is 0 Å². The molecule has 5 aromatic rings. The molecule has 11 heteroatoms. The van der Waals surface area contributed by atoms with Crippen LogP contribution in [0.5, 0.6) is 11.5 Å². The zero-order valence-electron chi connectivity index (χ0n) is 17.6. The number of phenolic OH excluding ortho intramolecular Hbond substituents is 1. The third kappa shape index (κ3) is 3.48. The lowest BCUT2D eigenvalue weighted by Gasteiger charge is -2.13. The van der Waals surface area contributed by atoms with Gasteiger partial charge < -0.3 is 9.84 Å². The van der Waals surface area contributed by atoms with Crippen LogP contribution in [0.4, 0.5) is 8.78 Å². The number of hydrogen-bond donors (Lipinski definition) is 1. The van der Waals surface area contributed by atoms with E-state index in [-0.39, 0.29) is 28.5 Å². The van der Waals surface area contributed by atoms with E-state index in [0.717, 1.165) is 9.36 Å². The van der Waals surface area contributed by atoms with Gasteiger partial charge in [0, 0.05) is 18.5 Å². The fraction of sp³-hybridized carbons (Fsp3) is 0.0435. The number of benzene rings is 2. The summed E-state index contributed by atoms with van der Waals surface area (Å²) in [6.07, 6.45) is 5.86. The highest BCUT2D eigenvalue weighted by molar-refractivity contribution is 5.60. The molecule has 0 bridgehead atoms. The van der Waals surface area contributed by atoms with Crippen LogP contribution in [-0.2, 0) is 0 Å². The second-order valence-corrected chi connectivity index (χ2v) is 7.14. The Hall–Kier alpha value is -4.80. The molecule has 0 saturated carbocycles. The van der Waals surface area contributed by atoms with Gasteiger partial charge in [0.1, 0.15) is 11.4 Å². The Kier molecular flexibility index (Phi) is 5.13. The minimum Gasteiger partial charge on any atom is -0.505 e. The summed E-state index contributed by atoms with van der Waals surface area (Å²) < 4.78 is 38.6. The third-order valence-corrected chi connectivity index (χ3v) is 5.12. The van der Waals surface area contributed by atoms with E-state index in [1.807, 2.05) is 0 Å². The first kappa shape index (κ1) is 21.1. The predicted octanol–water partition coefficient (Wildman–Crippen LogP) is 3.26. The monoisotopic (exact) mass is 462 g/mol. The Labute approximate surface area is 190 Å². The van der Waals surface area contributed by atoms with Crippen molar-refractivity contribution in [3.8, 4) is 39.9 Å². The van der Waals surface area contributed by atoms with Gasteiger partial charge in [-0.05, 0) is 36.4 Å². The van der Waals surface area contributed by atoms with E-state index in [2.05, 4.69) is 15.3 Å². The molecule has 0 atom stereocenters. The molecule has 0 saturated heterocycles. The van der Waals surface area contributed by atoms with E-state index < -0.39 is 22.8 Å². The van der Waals surface area contributed by atoms with Crippen molar-refractivity contribution in [1.29, 1.82) is 0 Å². The van der Waals surface area contributed by atoms with Gasteiger partial charge in [0.25, 0.3) is 5.43 Å². The SMILES string of the molecule is COc1cn(-c2ccc(-n3cccn3)cc2F)nc(-c2ccnn2-c2cccc(O)c2F)c1=O. The van der Waals surface area contributed by atoms with Crippen LogP contribution >= 0.6 is 0 Å². The fourth-order valence-corrected chi connectivity index (χ4v) is 3.50. The Bertz CT molecular complexity index is 1560. The number of phenols is 1. The summed E-state index contributed by atoms with van der Waals surface area (Å²) in [7, 11) is 1.30. The summed E-state index contributed by atoms with van der Waals surface area (Å²) in [5, 5.41) is 22.2. The third-order valence-electron chi connectivity index (χ3n) is 5.12. The van der Waals surface area contributed by atoms with Crippen molar-refractivity contribution in [2.75, 3.05) is 7.11 Å². The molecule has 0 fully saturated rings. The Balaban J connectivity index is 1.67. The molecule has 0 aliphatic carbocycles. The largest absolute Gasteiger partial charge is 0.505 e. The molecule has 0 amide bonds. The van der Waals surface area contributed by atoms with Crippen LogP contribution in [0.2, 0.25) is 0 Å². The number of ether oxygens (including phenoxy) is 1.